The van der Waals surface area contributed by atoms with Crippen molar-refractivity contribution in [1.29, 1.82) is 0 Å². The summed E-state index contributed by atoms with van der Waals surface area (Å²) in [4.78, 5) is 19.4. The second-order valence-corrected chi connectivity index (χ2v) is 9.35. The third-order valence-electron chi connectivity index (χ3n) is 6.07. The van der Waals surface area contributed by atoms with Crippen molar-refractivity contribution >= 4 is 6.09 Å². The number of carbonyl (C=O) groups excluding carboxylic acids is 1. The maximum absolute atomic E-state index is 12.3. The Labute approximate surface area is 170 Å². The lowest BCUT2D eigenvalue weighted by Crippen LogP contribution is -2.52. The van der Waals surface area contributed by atoms with Crippen molar-refractivity contribution in [3.63, 3.8) is 0 Å². The van der Waals surface area contributed by atoms with Crippen molar-refractivity contribution in [2.75, 3.05) is 33.2 Å². The van der Waals surface area contributed by atoms with E-state index in [1.165, 1.54) is 18.4 Å². The number of rotatable bonds is 4. The predicted octanol–water partition coefficient (Wildman–Crippen LogP) is 3.98. The Morgan fingerprint density at radius 3 is 2.21 bits per heavy atom. The summed E-state index contributed by atoms with van der Waals surface area (Å²) >= 11 is 0. The first-order valence-electron chi connectivity index (χ1n) is 10.8. The highest BCUT2D eigenvalue weighted by Crippen LogP contribution is 2.27. The lowest BCUT2D eigenvalue weighted by Gasteiger charge is -2.43. The molecule has 5 heteroatoms. The van der Waals surface area contributed by atoms with Crippen LogP contribution in [0.4, 0.5) is 4.79 Å². The van der Waals surface area contributed by atoms with E-state index in [4.69, 9.17) is 4.74 Å². The van der Waals surface area contributed by atoms with E-state index in [0.717, 1.165) is 45.6 Å². The quantitative estimate of drug-likeness (QED) is 0.783. The van der Waals surface area contributed by atoms with Crippen molar-refractivity contribution < 1.29 is 9.53 Å². The molecule has 1 heterocycles. The van der Waals surface area contributed by atoms with Gasteiger partial charge in [-0.3, -0.25) is 9.80 Å². The van der Waals surface area contributed by atoms with Crippen LogP contribution >= 0.6 is 0 Å². The van der Waals surface area contributed by atoms with E-state index in [2.05, 4.69) is 40.1 Å². The van der Waals surface area contributed by atoms with Crippen LogP contribution in [-0.4, -0.2) is 71.7 Å². The minimum atomic E-state index is -0.429. The number of hydrogen-bond donors (Lipinski definition) is 0. The lowest BCUT2D eigenvalue weighted by atomic mass is 9.89. The van der Waals surface area contributed by atoms with Gasteiger partial charge in [-0.25, -0.2) is 4.79 Å². The van der Waals surface area contributed by atoms with E-state index >= 15 is 0 Å². The number of piperazine rings is 1. The normalized spacial score (nSPS) is 24.7. The van der Waals surface area contributed by atoms with Crippen LogP contribution in [0.2, 0.25) is 0 Å². The second-order valence-electron chi connectivity index (χ2n) is 9.35. The van der Waals surface area contributed by atoms with Crippen LogP contribution in [0.5, 0.6) is 0 Å². The standard InChI is InChI=1S/C23H37N3O2/c1-23(2,3)28-22(27)24(4)20-10-12-21(13-11-20)26-16-14-25(15-17-26)18-19-8-6-5-7-9-19/h5-9,20-21H,10-18H2,1-4H3. The van der Waals surface area contributed by atoms with Crippen LogP contribution in [-0.2, 0) is 11.3 Å². The minimum absolute atomic E-state index is 0.189. The van der Waals surface area contributed by atoms with Gasteiger partial charge in [-0.15, -0.1) is 0 Å². The number of benzene rings is 1. The first-order valence-corrected chi connectivity index (χ1v) is 10.8. The minimum Gasteiger partial charge on any atom is -0.444 e. The van der Waals surface area contributed by atoms with Crippen molar-refractivity contribution in [3.05, 3.63) is 35.9 Å². The van der Waals surface area contributed by atoms with Gasteiger partial charge in [0.15, 0.2) is 0 Å². The fourth-order valence-electron chi connectivity index (χ4n) is 4.42. The molecule has 28 heavy (non-hydrogen) atoms. The largest absolute Gasteiger partial charge is 0.444 e. The highest BCUT2D eigenvalue weighted by Gasteiger charge is 2.32. The van der Waals surface area contributed by atoms with Gasteiger partial charge in [-0.05, 0) is 52.0 Å². The van der Waals surface area contributed by atoms with Crippen LogP contribution in [0.15, 0.2) is 30.3 Å². The van der Waals surface area contributed by atoms with Crippen molar-refractivity contribution in [1.82, 2.24) is 14.7 Å². The Kier molecular flexibility index (Phi) is 7.00. The molecule has 0 unspecified atom stereocenters. The Bertz CT molecular complexity index is 612. The molecule has 1 saturated carbocycles. The molecule has 156 valence electrons. The first kappa shape index (κ1) is 21.1. The molecule has 0 atom stereocenters. The summed E-state index contributed by atoms with van der Waals surface area (Å²) in [5.41, 5.74) is 0.976. The van der Waals surface area contributed by atoms with Crippen molar-refractivity contribution in [3.8, 4) is 0 Å². The van der Waals surface area contributed by atoms with E-state index in [1.807, 2.05) is 32.7 Å². The topological polar surface area (TPSA) is 36.0 Å². The summed E-state index contributed by atoms with van der Waals surface area (Å²) in [5.74, 6) is 0. The van der Waals surface area contributed by atoms with Gasteiger partial charge in [0.25, 0.3) is 0 Å². The number of ether oxygens (including phenoxy) is 1. The average Bonchev–Trinajstić information content (AvgIpc) is 2.68. The zero-order chi connectivity index (χ0) is 20.1. The number of hydrogen-bond acceptors (Lipinski definition) is 4. The molecule has 3 rings (SSSR count). The van der Waals surface area contributed by atoms with Gasteiger partial charge in [-0.2, -0.15) is 0 Å². The van der Waals surface area contributed by atoms with Gasteiger partial charge in [0.05, 0.1) is 0 Å². The number of nitrogens with zero attached hydrogens (tertiary/aromatic N) is 3. The Balaban J connectivity index is 1.40. The Hall–Kier alpha value is -1.59. The van der Waals surface area contributed by atoms with Gasteiger partial charge in [0.2, 0.25) is 0 Å². The van der Waals surface area contributed by atoms with Gasteiger partial charge in [-0.1, -0.05) is 30.3 Å². The molecule has 1 aromatic carbocycles. The smallest absolute Gasteiger partial charge is 0.410 e. The van der Waals surface area contributed by atoms with E-state index in [0.29, 0.717) is 12.1 Å². The number of carbonyl (C=O) groups is 1. The monoisotopic (exact) mass is 387 g/mol. The molecule has 1 aromatic rings. The summed E-state index contributed by atoms with van der Waals surface area (Å²) in [6.45, 7) is 11.4. The van der Waals surface area contributed by atoms with Crippen LogP contribution in [0.3, 0.4) is 0 Å². The summed E-state index contributed by atoms with van der Waals surface area (Å²) < 4.78 is 5.53. The molecule has 0 aromatic heterocycles. The summed E-state index contributed by atoms with van der Waals surface area (Å²) in [7, 11) is 1.89. The molecule has 1 aliphatic heterocycles. The molecule has 2 fully saturated rings. The lowest BCUT2D eigenvalue weighted by molar-refractivity contribution is 0.0122. The van der Waals surface area contributed by atoms with Crippen LogP contribution in [0.1, 0.15) is 52.0 Å². The van der Waals surface area contributed by atoms with Crippen LogP contribution in [0.25, 0.3) is 0 Å². The molecule has 0 radical (unpaired) electrons. The van der Waals surface area contributed by atoms with Crippen LogP contribution < -0.4 is 0 Å². The van der Waals surface area contributed by atoms with Crippen LogP contribution in [0, 0.1) is 0 Å². The molecular formula is C23H37N3O2. The average molecular weight is 388 g/mol. The third-order valence-corrected chi connectivity index (χ3v) is 6.07. The maximum atomic E-state index is 12.3. The van der Waals surface area contributed by atoms with Gasteiger partial charge < -0.3 is 9.64 Å². The highest BCUT2D eigenvalue weighted by molar-refractivity contribution is 5.68. The van der Waals surface area contributed by atoms with E-state index < -0.39 is 5.60 Å². The molecule has 1 amide bonds. The van der Waals surface area contributed by atoms with Crippen molar-refractivity contribution in [2.45, 2.75) is 70.7 Å². The molecule has 0 bridgehead atoms. The van der Waals surface area contributed by atoms with Gasteiger partial charge >= 0.3 is 6.09 Å². The van der Waals surface area contributed by atoms with Gasteiger partial charge in [0, 0.05) is 51.9 Å². The summed E-state index contributed by atoms with van der Waals surface area (Å²) in [5, 5.41) is 0. The fraction of sp³-hybridized carbons (Fsp3) is 0.696. The zero-order valence-corrected chi connectivity index (χ0v) is 18.1. The zero-order valence-electron chi connectivity index (χ0n) is 18.1. The van der Waals surface area contributed by atoms with Crippen molar-refractivity contribution in [2.24, 2.45) is 0 Å². The number of amides is 1. The Morgan fingerprint density at radius 1 is 1.04 bits per heavy atom. The summed E-state index contributed by atoms with van der Waals surface area (Å²) in [6.07, 6.45) is 4.31. The maximum Gasteiger partial charge on any atom is 0.410 e. The first-order chi connectivity index (χ1) is 13.3. The highest BCUT2D eigenvalue weighted by atomic mass is 16.6. The van der Waals surface area contributed by atoms with Gasteiger partial charge in [0.1, 0.15) is 5.60 Å². The molecule has 0 N–H and O–H groups in total. The predicted molar refractivity (Wildman–Crippen MR) is 113 cm³/mol. The summed E-state index contributed by atoms with van der Waals surface area (Å²) in [6, 6.07) is 11.7. The molecule has 0 spiro atoms. The second kappa shape index (κ2) is 9.27. The molecule has 5 nitrogen and oxygen atoms in total. The van der Waals surface area contributed by atoms with E-state index in [-0.39, 0.29) is 6.09 Å². The van der Waals surface area contributed by atoms with E-state index in [1.54, 1.807) is 0 Å². The Morgan fingerprint density at radius 2 is 1.64 bits per heavy atom. The van der Waals surface area contributed by atoms with E-state index in [9.17, 15) is 4.79 Å². The molecular weight excluding hydrogens is 350 g/mol. The molecule has 2 aliphatic rings. The fourth-order valence-corrected chi connectivity index (χ4v) is 4.42. The third kappa shape index (κ3) is 5.95. The molecule has 1 aliphatic carbocycles. The SMILES string of the molecule is CN(C(=O)OC(C)(C)C)C1CCC(N2CCN(Cc3ccccc3)CC2)CC1. The molecule has 1 saturated heterocycles.